The average Bonchev–Trinajstić information content (AvgIpc) is 3.59. The number of fused-ring (bicyclic) bond motifs is 3. The van der Waals surface area contributed by atoms with Gasteiger partial charge in [0, 0.05) is 49.7 Å². The summed E-state index contributed by atoms with van der Waals surface area (Å²) >= 11 is 0. The van der Waals surface area contributed by atoms with E-state index < -0.39 is 22.7 Å². The summed E-state index contributed by atoms with van der Waals surface area (Å²) in [6.45, 7) is 23.0. The van der Waals surface area contributed by atoms with E-state index in [1.165, 1.54) is 24.3 Å². The molecule has 0 saturated heterocycles. The molecule has 0 bridgehead atoms. The molecule has 16 heteroatoms. The molecule has 0 radical (unpaired) electrons. The third kappa shape index (κ3) is 8.72. The van der Waals surface area contributed by atoms with Gasteiger partial charge in [-0.1, -0.05) is 56.8 Å². The number of halogens is 3. The zero-order chi connectivity index (χ0) is 48.1. The van der Waals surface area contributed by atoms with Crippen molar-refractivity contribution < 1.29 is 13.2 Å². The first-order chi connectivity index (χ1) is 31.8. The highest BCUT2D eigenvalue weighted by atomic mass is 19.4. The van der Waals surface area contributed by atoms with E-state index in [1.54, 1.807) is 53.7 Å². The number of allylic oxidation sites excluding steroid dienone is 3. The zero-order valence-corrected chi connectivity index (χ0v) is 37.9. The molecule has 0 unspecified atom stereocenters. The van der Waals surface area contributed by atoms with Crippen LogP contribution in [0.2, 0.25) is 0 Å². The fraction of sp³-hybridized carbons (Fsp3) is 0.196. The third-order valence-electron chi connectivity index (χ3n) is 11.2. The molecule has 332 valence electrons. The minimum absolute atomic E-state index is 0.118. The number of rotatable bonds is 10. The van der Waals surface area contributed by atoms with E-state index in [0.29, 0.717) is 91.5 Å². The van der Waals surface area contributed by atoms with Gasteiger partial charge in [-0.05, 0) is 84.0 Å². The van der Waals surface area contributed by atoms with Crippen LogP contribution < -0.4 is 5.32 Å². The molecule has 13 nitrogen and oxygen atoms in total. The normalized spacial score (nSPS) is 12.0. The number of nitrogens with zero attached hydrogens (tertiary/aromatic N) is 12. The number of alkyl halides is 3. The van der Waals surface area contributed by atoms with E-state index in [2.05, 4.69) is 69.4 Å². The largest absolute Gasteiger partial charge is 0.417 e. The number of aromatic nitrogens is 10. The van der Waals surface area contributed by atoms with Gasteiger partial charge in [0.05, 0.1) is 51.2 Å². The van der Waals surface area contributed by atoms with E-state index in [-0.39, 0.29) is 22.4 Å². The second-order valence-electron chi connectivity index (χ2n) is 16.6. The van der Waals surface area contributed by atoms with Gasteiger partial charge >= 0.3 is 6.18 Å². The van der Waals surface area contributed by atoms with E-state index >= 15 is 13.2 Å². The van der Waals surface area contributed by atoms with Crippen molar-refractivity contribution in [2.24, 2.45) is 5.41 Å². The van der Waals surface area contributed by atoms with Gasteiger partial charge in [-0.25, -0.2) is 44.9 Å². The van der Waals surface area contributed by atoms with Gasteiger partial charge < -0.3 is 9.88 Å². The lowest BCUT2D eigenvalue weighted by molar-refractivity contribution is -0.137. The number of benzene rings is 4. The Labute approximate surface area is 384 Å². The van der Waals surface area contributed by atoms with Crippen LogP contribution in [0.4, 0.5) is 18.9 Å². The maximum Gasteiger partial charge on any atom is 0.417 e. The Bertz CT molecular complexity index is 3330. The topological polar surface area (TPSA) is 181 Å². The van der Waals surface area contributed by atoms with Crippen LogP contribution in [0.1, 0.15) is 71.3 Å². The van der Waals surface area contributed by atoms with Crippen molar-refractivity contribution in [3.05, 3.63) is 155 Å². The average molecular weight is 894 g/mol. The lowest BCUT2D eigenvalue weighted by atomic mass is 9.83. The highest BCUT2D eigenvalue weighted by Gasteiger charge is 2.36. The van der Waals surface area contributed by atoms with Crippen LogP contribution in [0.3, 0.4) is 0 Å². The molecule has 8 rings (SSSR count). The molecule has 0 atom stereocenters. The molecular weight excluding hydrogens is 852 g/mol. The van der Waals surface area contributed by atoms with Crippen molar-refractivity contribution >= 4 is 33.1 Å². The molecule has 67 heavy (non-hydrogen) atoms. The van der Waals surface area contributed by atoms with Crippen LogP contribution in [-0.4, -0.2) is 49.4 Å². The van der Waals surface area contributed by atoms with Crippen molar-refractivity contribution in [1.29, 1.82) is 10.5 Å². The quantitative estimate of drug-likeness (QED) is 0.101. The summed E-state index contributed by atoms with van der Waals surface area (Å²) in [4.78, 5) is 40.9. The second-order valence-corrected chi connectivity index (χ2v) is 16.6. The number of aryl methyl sites for hydroxylation is 6. The molecule has 0 aliphatic rings. The molecular formula is C51H42F3N13. The van der Waals surface area contributed by atoms with Gasteiger partial charge in [0.2, 0.25) is 0 Å². The fourth-order valence-electron chi connectivity index (χ4n) is 8.16. The monoisotopic (exact) mass is 893 g/mol. The second kappa shape index (κ2) is 17.1. The Morgan fingerprint density at radius 1 is 0.657 bits per heavy atom. The summed E-state index contributed by atoms with van der Waals surface area (Å²) in [6.07, 6.45) is -1.35. The smallest absolute Gasteiger partial charge is 0.354 e. The van der Waals surface area contributed by atoms with Crippen molar-refractivity contribution in [2.75, 3.05) is 5.32 Å². The Morgan fingerprint density at radius 2 is 1.15 bits per heavy atom. The van der Waals surface area contributed by atoms with Crippen LogP contribution in [0.25, 0.3) is 67.0 Å². The van der Waals surface area contributed by atoms with Crippen LogP contribution in [0.5, 0.6) is 0 Å². The Kier molecular flexibility index (Phi) is 11.5. The van der Waals surface area contributed by atoms with Crippen LogP contribution in [0, 0.1) is 69.6 Å². The van der Waals surface area contributed by atoms with E-state index in [0.717, 1.165) is 16.8 Å². The maximum absolute atomic E-state index is 15.0. The first-order valence-corrected chi connectivity index (χ1v) is 21.0. The molecule has 4 aromatic carbocycles. The van der Waals surface area contributed by atoms with Crippen molar-refractivity contribution in [2.45, 2.75) is 61.6 Å². The van der Waals surface area contributed by atoms with Crippen LogP contribution in [0.15, 0.2) is 97.7 Å². The minimum atomic E-state index is -4.89. The van der Waals surface area contributed by atoms with E-state index in [1.807, 2.05) is 60.9 Å². The van der Waals surface area contributed by atoms with Gasteiger partial charge in [-0.2, -0.15) is 23.7 Å². The molecule has 0 aliphatic carbocycles. The summed E-state index contributed by atoms with van der Waals surface area (Å²) < 4.78 is 46.9. The summed E-state index contributed by atoms with van der Waals surface area (Å²) in [5.41, 5.74) is 1.32. The van der Waals surface area contributed by atoms with Crippen LogP contribution in [-0.2, 0) is 6.18 Å². The van der Waals surface area contributed by atoms with Crippen LogP contribution >= 0.6 is 0 Å². The molecule has 0 aliphatic heterocycles. The van der Waals surface area contributed by atoms with Gasteiger partial charge in [-0.15, -0.1) is 6.58 Å². The predicted molar refractivity (Wildman–Crippen MR) is 251 cm³/mol. The lowest BCUT2D eigenvalue weighted by Gasteiger charge is -2.25. The number of nitriles is 2. The van der Waals surface area contributed by atoms with Gasteiger partial charge in [0.15, 0.2) is 17.5 Å². The van der Waals surface area contributed by atoms with Gasteiger partial charge in [0.1, 0.15) is 34.9 Å². The minimum Gasteiger partial charge on any atom is -0.354 e. The molecule has 0 amide bonds. The fourth-order valence-corrected chi connectivity index (χ4v) is 8.16. The summed E-state index contributed by atoms with van der Waals surface area (Å²) in [6, 6.07) is 21.9. The number of hydrogen-bond donors (Lipinski definition) is 1. The van der Waals surface area contributed by atoms with Gasteiger partial charge in [-0.3, -0.25) is 0 Å². The SMILES string of the molecule is C=CC(C)(C)/C(=C\C(=C)Nc1cc(C#N)c(-c2c(C#N)cccc2C(F)(F)F)cc1-n1c2cc(-c3nc(C)nc(C)n3)ccc2c2ccc(-c3nc(C)nc(C)n3)cc21)c1nc(C)nc(C)n1. The number of hydrogen-bond acceptors (Lipinski definition) is 12. The summed E-state index contributed by atoms with van der Waals surface area (Å²) in [7, 11) is 0. The van der Waals surface area contributed by atoms with E-state index in [4.69, 9.17) is 0 Å². The molecule has 4 aromatic heterocycles. The predicted octanol–water partition coefficient (Wildman–Crippen LogP) is 11.2. The number of anilines is 1. The zero-order valence-electron chi connectivity index (χ0n) is 37.9. The van der Waals surface area contributed by atoms with Crippen molar-refractivity contribution in [3.8, 4) is 51.7 Å². The molecule has 0 saturated carbocycles. The molecule has 8 aromatic rings. The molecule has 4 heterocycles. The maximum atomic E-state index is 15.0. The van der Waals surface area contributed by atoms with Crippen molar-refractivity contribution in [3.63, 3.8) is 0 Å². The Balaban J connectivity index is 1.50. The first kappa shape index (κ1) is 45.1. The number of nitrogens with one attached hydrogen (secondary N) is 1. The lowest BCUT2D eigenvalue weighted by Crippen LogP contribution is -2.15. The third-order valence-corrected chi connectivity index (χ3v) is 11.2. The molecule has 0 spiro atoms. The molecule has 1 N–H and O–H groups in total. The highest BCUT2D eigenvalue weighted by molar-refractivity contribution is 6.11. The summed E-state index contributed by atoms with van der Waals surface area (Å²) in [5, 5.41) is 26.1. The standard InChI is InChI=1S/C51H42F3N13/c1-11-50(9,10)41(49-65-31(7)60-32(8)66-49)19-26(2)57-42-20-36(25-56)39(46-35(24-55)13-12-14-40(46)51(52,53)54)23-45(42)67-43-21-33(47-61-27(3)58-28(4)62-47)15-17-37(43)38-18-16-34(22-44(38)67)48-63-29(5)59-30(6)64-48/h11-23,57H,1-2H2,3-10H3/b41-19-. The Hall–Kier alpha value is -8.50. The summed E-state index contributed by atoms with van der Waals surface area (Å²) in [5.74, 6) is 4.31. The molecule has 0 fully saturated rings. The first-order valence-electron chi connectivity index (χ1n) is 21.0. The highest BCUT2D eigenvalue weighted by Crippen LogP contribution is 2.45. The van der Waals surface area contributed by atoms with Crippen molar-refractivity contribution in [1.82, 2.24) is 49.4 Å². The van der Waals surface area contributed by atoms with E-state index in [9.17, 15) is 10.5 Å². The Morgan fingerprint density at radius 3 is 1.61 bits per heavy atom. The van der Waals surface area contributed by atoms with Gasteiger partial charge in [0.25, 0.3) is 0 Å².